The first-order valence-corrected chi connectivity index (χ1v) is 4.51. The van der Waals surface area contributed by atoms with E-state index >= 15 is 0 Å². The largest absolute Gasteiger partial charge is 0.338 e. The third-order valence-electron chi connectivity index (χ3n) is 1.78. The van der Waals surface area contributed by atoms with Crippen molar-refractivity contribution in [2.75, 3.05) is 5.88 Å². The summed E-state index contributed by atoms with van der Waals surface area (Å²) in [6.07, 6.45) is 1.32. The van der Waals surface area contributed by atoms with Gasteiger partial charge in [0.15, 0.2) is 5.78 Å². The summed E-state index contributed by atoms with van der Waals surface area (Å²) in [7, 11) is 0. The van der Waals surface area contributed by atoms with Gasteiger partial charge in [-0.2, -0.15) is 0 Å². The molecule has 0 radical (unpaired) electrons. The fourth-order valence-corrected chi connectivity index (χ4v) is 1.35. The van der Waals surface area contributed by atoms with Gasteiger partial charge in [-0.15, -0.1) is 11.6 Å². The lowest BCUT2D eigenvalue weighted by Crippen LogP contribution is -2.06. The third-order valence-corrected chi connectivity index (χ3v) is 1.95. The average Bonchev–Trinajstić information content (AvgIpc) is 2.49. The maximum atomic E-state index is 11.1. The van der Waals surface area contributed by atoms with E-state index in [-0.39, 0.29) is 11.5 Å². The van der Waals surface area contributed by atoms with E-state index in [9.17, 15) is 14.9 Å². The van der Waals surface area contributed by atoms with Crippen LogP contribution < -0.4 is 0 Å². The molecule has 0 saturated heterocycles. The molecule has 76 valence electrons. The van der Waals surface area contributed by atoms with E-state index in [4.69, 9.17) is 11.6 Å². The summed E-state index contributed by atoms with van der Waals surface area (Å²) in [6.45, 7) is 1.76. The third kappa shape index (κ3) is 2.11. The summed E-state index contributed by atoms with van der Waals surface area (Å²) in [5.74, 6) is 0.106. The van der Waals surface area contributed by atoms with Crippen molar-refractivity contribution >= 4 is 23.1 Å². The number of carbonyl (C=O) groups is 1. The zero-order valence-electron chi connectivity index (χ0n) is 7.57. The van der Waals surface area contributed by atoms with E-state index in [1.807, 2.05) is 0 Å². The predicted molar refractivity (Wildman–Crippen MR) is 51.8 cm³/mol. The maximum Gasteiger partial charge on any atom is 0.287 e. The van der Waals surface area contributed by atoms with E-state index < -0.39 is 4.92 Å². The van der Waals surface area contributed by atoms with Gasteiger partial charge in [-0.3, -0.25) is 14.9 Å². The lowest BCUT2D eigenvalue weighted by molar-refractivity contribution is -0.384. The van der Waals surface area contributed by atoms with E-state index in [1.165, 1.54) is 23.8 Å². The van der Waals surface area contributed by atoms with Crippen LogP contribution in [-0.4, -0.2) is 21.2 Å². The molecule has 14 heavy (non-hydrogen) atoms. The van der Waals surface area contributed by atoms with Crippen LogP contribution in [0.5, 0.6) is 0 Å². The highest BCUT2D eigenvalue weighted by molar-refractivity contribution is 6.17. The molecule has 0 N–H and O–H groups in total. The average molecular weight is 217 g/mol. The Balaban J connectivity index is 3.12. The summed E-state index contributed by atoms with van der Waals surface area (Å²) in [4.78, 5) is 21.0. The molecular formula is C8H9ClN2O3. The van der Waals surface area contributed by atoms with Crippen LogP contribution in [0, 0.1) is 10.1 Å². The van der Waals surface area contributed by atoms with Crippen LogP contribution in [0.3, 0.4) is 0 Å². The van der Waals surface area contributed by atoms with Crippen molar-refractivity contribution in [2.45, 2.75) is 13.5 Å². The number of halogens is 1. The summed E-state index contributed by atoms with van der Waals surface area (Å²) in [5.41, 5.74) is 0.234. The second-order valence-corrected chi connectivity index (χ2v) is 3.16. The molecule has 0 saturated carbocycles. The number of ketones is 1. The number of aromatic nitrogens is 1. The Morgan fingerprint density at radius 3 is 2.79 bits per heavy atom. The highest BCUT2D eigenvalue weighted by atomic mass is 35.5. The summed E-state index contributed by atoms with van der Waals surface area (Å²) < 4.78 is 1.49. The van der Waals surface area contributed by atoms with Gasteiger partial charge in [-0.1, -0.05) is 0 Å². The van der Waals surface area contributed by atoms with Crippen molar-refractivity contribution < 1.29 is 9.72 Å². The fraction of sp³-hybridized carbons (Fsp3) is 0.375. The quantitative estimate of drug-likeness (QED) is 0.334. The maximum absolute atomic E-state index is 11.1. The van der Waals surface area contributed by atoms with Gasteiger partial charge in [0.2, 0.25) is 0 Å². The molecule has 1 aromatic heterocycles. The highest BCUT2D eigenvalue weighted by Gasteiger charge is 2.15. The highest BCUT2D eigenvalue weighted by Crippen LogP contribution is 2.16. The number of nitro groups is 1. The van der Waals surface area contributed by atoms with Gasteiger partial charge >= 0.3 is 0 Å². The Labute approximate surface area is 85.4 Å². The predicted octanol–water partition coefficient (Wildman–Crippen LogP) is 1.84. The van der Waals surface area contributed by atoms with Gasteiger partial charge in [0.05, 0.1) is 16.8 Å². The SMILES string of the molecule is CC(=O)c1cc([N+](=O)[O-])cn1CCCl. The normalized spacial score (nSPS) is 10.1. The minimum atomic E-state index is -0.531. The second-order valence-electron chi connectivity index (χ2n) is 2.78. The van der Waals surface area contributed by atoms with E-state index in [0.29, 0.717) is 18.1 Å². The molecule has 0 aliphatic carbocycles. The number of carbonyl (C=O) groups excluding carboxylic acids is 1. The summed E-state index contributed by atoms with van der Waals surface area (Å²) in [5, 5.41) is 10.4. The molecule has 6 heteroatoms. The van der Waals surface area contributed by atoms with Crippen LogP contribution in [0.2, 0.25) is 0 Å². The topological polar surface area (TPSA) is 65.1 Å². The molecule has 1 aromatic rings. The van der Waals surface area contributed by atoms with Crippen LogP contribution in [0.4, 0.5) is 5.69 Å². The Morgan fingerprint density at radius 2 is 2.36 bits per heavy atom. The Bertz CT molecular complexity index is 373. The molecule has 5 nitrogen and oxygen atoms in total. The molecule has 0 fully saturated rings. The first-order valence-electron chi connectivity index (χ1n) is 3.97. The van der Waals surface area contributed by atoms with Crippen molar-refractivity contribution in [2.24, 2.45) is 0 Å². The Hall–Kier alpha value is -1.36. The lowest BCUT2D eigenvalue weighted by atomic mass is 10.3. The van der Waals surface area contributed by atoms with Gasteiger partial charge < -0.3 is 4.57 Å². The zero-order chi connectivity index (χ0) is 10.7. The smallest absolute Gasteiger partial charge is 0.287 e. The molecule has 0 atom stereocenters. The molecule has 0 amide bonds. The number of alkyl halides is 1. The zero-order valence-corrected chi connectivity index (χ0v) is 8.32. The number of rotatable bonds is 4. The molecular weight excluding hydrogens is 208 g/mol. The number of hydrogen-bond donors (Lipinski definition) is 0. The fourth-order valence-electron chi connectivity index (χ4n) is 1.17. The lowest BCUT2D eigenvalue weighted by Gasteiger charge is -2.01. The van der Waals surface area contributed by atoms with E-state index in [2.05, 4.69) is 0 Å². The van der Waals surface area contributed by atoms with Gasteiger partial charge in [-0.05, 0) is 0 Å². The standard InChI is InChI=1S/C8H9ClN2O3/c1-6(12)8-4-7(11(13)14)5-10(8)3-2-9/h4-5H,2-3H2,1H3. The molecule has 0 aliphatic rings. The number of aryl methyl sites for hydroxylation is 1. The molecule has 1 heterocycles. The van der Waals surface area contributed by atoms with Crippen LogP contribution in [0.25, 0.3) is 0 Å². The van der Waals surface area contributed by atoms with Gasteiger partial charge in [0, 0.05) is 25.4 Å². The minimum absolute atomic E-state index is 0.0830. The van der Waals surface area contributed by atoms with Gasteiger partial charge in [-0.25, -0.2) is 0 Å². The second kappa shape index (κ2) is 4.23. The van der Waals surface area contributed by atoms with Crippen LogP contribution >= 0.6 is 11.6 Å². The monoisotopic (exact) mass is 216 g/mol. The van der Waals surface area contributed by atoms with Gasteiger partial charge in [0.1, 0.15) is 0 Å². The molecule has 0 aliphatic heterocycles. The molecule has 0 unspecified atom stereocenters. The molecule has 0 spiro atoms. The number of nitrogens with zero attached hydrogens (tertiary/aromatic N) is 2. The Morgan fingerprint density at radius 1 is 1.71 bits per heavy atom. The summed E-state index contributed by atoms with van der Waals surface area (Å²) >= 11 is 5.50. The van der Waals surface area contributed by atoms with Crippen molar-refractivity contribution in [3.05, 3.63) is 28.1 Å². The van der Waals surface area contributed by atoms with Crippen molar-refractivity contribution in [1.82, 2.24) is 4.57 Å². The molecule has 1 rings (SSSR count). The molecule has 0 aromatic carbocycles. The number of hydrogen-bond acceptors (Lipinski definition) is 3. The first kappa shape index (κ1) is 10.7. The van der Waals surface area contributed by atoms with Gasteiger partial charge in [0.25, 0.3) is 5.69 Å². The minimum Gasteiger partial charge on any atom is -0.338 e. The van der Waals surface area contributed by atoms with Crippen LogP contribution in [-0.2, 0) is 6.54 Å². The Kier molecular flexibility index (Phi) is 3.24. The van der Waals surface area contributed by atoms with Crippen molar-refractivity contribution in [1.29, 1.82) is 0 Å². The first-order chi connectivity index (χ1) is 6.56. The van der Waals surface area contributed by atoms with E-state index in [1.54, 1.807) is 0 Å². The van der Waals surface area contributed by atoms with Crippen molar-refractivity contribution in [3.63, 3.8) is 0 Å². The van der Waals surface area contributed by atoms with Crippen molar-refractivity contribution in [3.8, 4) is 0 Å². The van der Waals surface area contributed by atoms with E-state index in [0.717, 1.165) is 0 Å². The van der Waals surface area contributed by atoms with Crippen LogP contribution in [0.1, 0.15) is 17.4 Å². The van der Waals surface area contributed by atoms with Crippen LogP contribution in [0.15, 0.2) is 12.3 Å². The summed E-state index contributed by atoms with van der Waals surface area (Å²) in [6, 6.07) is 1.26. The molecule has 0 bridgehead atoms. The number of Topliss-reactive ketones (excluding diaryl/α,β-unsaturated/α-hetero) is 1.